The predicted octanol–water partition coefficient (Wildman–Crippen LogP) is 6.52. The Morgan fingerprint density at radius 1 is 1.06 bits per heavy atom. The topological polar surface area (TPSA) is 67.2 Å². The summed E-state index contributed by atoms with van der Waals surface area (Å²) in [5.41, 5.74) is 3.39. The SMILES string of the molecule is O=C(CC12CC3CC(CC(C3)C1)C2)NC(=S)Nc1ccc2oc(-c3ccc(I)cc3)nc2c1. The van der Waals surface area contributed by atoms with E-state index in [4.69, 9.17) is 16.6 Å². The molecule has 7 rings (SSSR count). The van der Waals surface area contributed by atoms with Crippen LogP contribution in [-0.4, -0.2) is 16.0 Å². The van der Waals surface area contributed by atoms with E-state index in [0.29, 0.717) is 23.0 Å². The lowest BCUT2D eigenvalue weighted by Crippen LogP contribution is -2.48. The van der Waals surface area contributed by atoms with Crippen molar-refractivity contribution in [3.8, 4) is 11.5 Å². The molecule has 33 heavy (non-hydrogen) atoms. The van der Waals surface area contributed by atoms with Gasteiger partial charge < -0.3 is 15.1 Å². The van der Waals surface area contributed by atoms with Crippen molar-refractivity contribution >= 4 is 62.6 Å². The summed E-state index contributed by atoms with van der Waals surface area (Å²) in [4.78, 5) is 17.5. The van der Waals surface area contributed by atoms with Crippen LogP contribution in [0.5, 0.6) is 0 Å². The van der Waals surface area contributed by atoms with Gasteiger partial charge in [-0.1, -0.05) is 0 Å². The van der Waals surface area contributed by atoms with E-state index in [2.05, 4.69) is 38.2 Å². The number of halogens is 1. The number of fused-ring (bicyclic) bond motifs is 1. The summed E-state index contributed by atoms with van der Waals surface area (Å²) in [7, 11) is 0. The number of carbonyl (C=O) groups excluding carboxylic acids is 1. The third kappa shape index (κ3) is 4.41. The fourth-order valence-corrected chi connectivity index (χ4v) is 7.49. The molecule has 0 radical (unpaired) electrons. The van der Waals surface area contributed by atoms with Gasteiger partial charge in [-0.15, -0.1) is 0 Å². The highest BCUT2D eigenvalue weighted by Gasteiger charge is 2.51. The Bertz CT molecular complexity index is 1200. The van der Waals surface area contributed by atoms with Crippen molar-refractivity contribution in [3.05, 3.63) is 46.0 Å². The first-order chi connectivity index (χ1) is 15.9. The molecule has 0 atom stereocenters. The van der Waals surface area contributed by atoms with Crippen molar-refractivity contribution in [3.63, 3.8) is 0 Å². The summed E-state index contributed by atoms with van der Waals surface area (Å²) in [5, 5.41) is 6.41. The second kappa shape index (κ2) is 8.34. The highest BCUT2D eigenvalue weighted by molar-refractivity contribution is 14.1. The zero-order valence-corrected chi connectivity index (χ0v) is 21.2. The summed E-state index contributed by atoms with van der Waals surface area (Å²) in [6.07, 6.45) is 8.42. The highest BCUT2D eigenvalue weighted by Crippen LogP contribution is 2.61. The van der Waals surface area contributed by atoms with Crippen LogP contribution in [0.15, 0.2) is 46.9 Å². The molecule has 4 aliphatic carbocycles. The Kier molecular flexibility index (Phi) is 5.44. The average molecular weight is 571 g/mol. The molecule has 2 aromatic carbocycles. The van der Waals surface area contributed by atoms with E-state index < -0.39 is 0 Å². The summed E-state index contributed by atoms with van der Waals surface area (Å²) < 4.78 is 7.07. The van der Waals surface area contributed by atoms with Gasteiger partial charge in [0.05, 0.1) is 0 Å². The number of carbonyl (C=O) groups is 1. The van der Waals surface area contributed by atoms with Gasteiger partial charge in [-0.25, -0.2) is 4.98 Å². The smallest absolute Gasteiger partial charge is 0.227 e. The number of nitrogens with zero attached hydrogens (tertiary/aromatic N) is 1. The Morgan fingerprint density at radius 2 is 1.73 bits per heavy atom. The molecule has 4 saturated carbocycles. The normalized spacial score (nSPS) is 27.6. The van der Waals surface area contributed by atoms with E-state index in [1.807, 2.05) is 42.5 Å². The largest absolute Gasteiger partial charge is 0.436 e. The van der Waals surface area contributed by atoms with Gasteiger partial charge in [0.25, 0.3) is 0 Å². The number of aromatic nitrogens is 1. The molecule has 4 aliphatic rings. The Balaban J connectivity index is 1.10. The van der Waals surface area contributed by atoms with E-state index in [1.165, 1.54) is 38.5 Å². The van der Waals surface area contributed by atoms with Gasteiger partial charge in [-0.3, -0.25) is 4.79 Å². The van der Waals surface area contributed by atoms with Crippen LogP contribution in [0.4, 0.5) is 5.69 Å². The molecule has 2 N–H and O–H groups in total. The van der Waals surface area contributed by atoms with E-state index >= 15 is 0 Å². The van der Waals surface area contributed by atoms with E-state index in [9.17, 15) is 4.79 Å². The lowest BCUT2D eigenvalue weighted by molar-refractivity contribution is -0.127. The summed E-state index contributed by atoms with van der Waals surface area (Å²) in [5.74, 6) is 3.15. The quantitative estimate of drug-likeness (QED) is 0.276. The minimum absolute atomic E-state index is 0.0398. The Morgan fingerprint density at radius 3 is 2.39 bits per heavy atom. The number of nitrogens with one attached hydrogen (secondary N) is 2. The number of amides is 1. The average Bonchev–Trinajstić information content (AvgIpc) is 3.16. The minimum Gasteiger partial charge on any atom is -0.436 e. The number of anilines is 1. The molecule has 0 aliphatic heterocycles. The molecule has 1 heterocycles. The molecule has 7 heteroatoms. The molecular weight excluding hydrogens is 545 g/mol. The van der Waals surface area contributed by atoms with Crippen LogP contribution in [0.25, 0.3) is 22.6 Å². The fraction of sp³-hybridized carbons (Fsp3) is 0.423. The van der Waals surface area contributed by atoms with Gasteiger partial charge in [0, 0.05) is 21.2 Å². The zero-order chi connectivity index (χ0) is 22.6. The number of benzene rings is 2. The molecule has 4 bridgehead atoms. The van der Waals surface area contributed by atoms with Crippen LogP contribution < -0.4 is 10.6 Å². The number of hydrogen-bond donors (Lipinski definition) is 2. The first-order valence-corrected chi connectivity index (χ1v) is 13.2. The van der Waals surface area contributed by atoms with E-state index in [1.54, 1.807) is 0 Å². The first-order valence-electron chi connectivity index (χ1n) is 11.7. The lowest BCUT2D eigenvalue weighted by atomic mass is 9.49. The third-order valence-corrected chi connectivity index (χ3v) is 8.61. The van der Waals surface area contributed by atoms with Crippen molar-refractivity contribution in [2.45, 2.75) is 44.9 Å². The molecule has 0 unspecified atom stereocenters. The van der Waals surface area contributed by atoms with Crippen LogP contribution in [0, 0.1) is 26.7 Å². The Hall–Kier alpha value is -2.00. The molecule has 4 fully saturated rings. The van der Waals surface area contributed by atoms with Crippen LogP contribution in [0.2, 0.25) is 0 Å². The molecule has 1 aromatic heterocycles. The number of rotatable bonds is 4. The van der Waals surface area contributed by atoms with Crippen molar-refractivity contribution in [2.24, 2.45) is 23.2 Å². The van der Waals surface area contributed by atoms with Gasteiger partial charge in [-0.2, -0.15) is 0 Å². The number of hydrogen-bond acceptors (Lipinski definition) is 4. The molecule has 3 aromatic rings. The zero-order valence-electron chi connectivity index (χ0n) is 18.3. The summed E-state index contributed by atoms with van der Waals surface area (Å²) in [6.45, 7) is 0. The lowest BCUT2D eigenvalue weighted by Gasteiger charge is -2.56. The van der Waals surface area contributed by atoms with Gasteiger partial charge >= 0.3 is 0 Å². The van der Waals surface area contributed by atoms with Crippen molar-refractivity contribution in [2.75, 3.05) is 5.32 Å². The Labute approximate surface area is 212 Å². The van der Waals surface area contributed by atoms with E-state index in [-0.39, 0.29) is 11.3 Å². The molecule has 0 saturated heterocycles. The van der Waals surface area contributed by atoms with Gasteiger partial charge in [0.2, 0.25) is 11.8 Å². The fourth-order valence-electron chi connectivity index (χ4n) is 6.90. The molecule has 1 amide bonds. The van der Waals surface area contributed by atoms with Crippen LogP contribution in [0.1, 0.15) is 44.9 Å². The summed E-state index contributed by atoms with van der Waals surface area (Å²) >= 11 is 7.73. The highest BCUT2D eigenvalue weighted by atomic mass is 127. The van der Waals surface area contributed by atoms with Gasteiger partial charge in [0.1, 0.15) is 5.52 Å². The maximum absolute atomic E-state index is 12.9. The number of oxazole rings is 1. The van der Waals surface area contributed by atoms with Crippen molar-refractivity contribution in [1.29, 1.82) is 0 Å². The van der Waals surface area contributed by atoms with Crippen molar-refractivity contribution < 1.29 is 9.21 Å². The molecule has 0 spiro atoms. The second-order valence-electron chi connectivity index (χ2n) is 10.3. The number of thiocarbonyl (C=S) groups is 1. The second-order valence-corrected chi connectivity index (χ2v) is 12.0. The molecule has 5 nitrogen and oxygen atoms in total. The minimum atomic E-state index is 0.0398. The van der Waals surface area contributed by atoms with E-state index in [0.717, 1.165) is 38.1 Å². The van der Waals surface area contributed by atoms with Crippen LogP contribution in [0.3, 0.4) is 0 Å². The molecule has 170 valence electrons. The van der Waals surface area contributed by atoms with Gasteiger partial charge in [0.15, 0.2) is 10.7 Å². The standard InChI is InChI=1S/C26H26IN3O2S/c27-19-3-1-18(2-4-19)24-29-21-10-20(5-6-22(21)32-24)28-25(33)30-23(31)14-26-11-15-7-16(12-26)9-17(8-15)13-26/h1-6,10,15-17H,7-9,11-14H2,(H2,28,30,31,33). The first kappa shape index (κ1) is 21.5. The monoisotopic (exact) mass is 571 g/mol. The maximum atomic E-state index is 12.9. The molecular formula is C26H26IN3O2S. The maximum Gasteiger partial charge on any atom is 0.227 e. The summed E-state index contributed by atoms with van der Waals surface area (Å²) in [6, 6.07) is 13.7. The van der Waals surface area contributed by atoms with Crippen LogP contribution >= 0.6 is 34.8 Å². The van der Waals surface area contributed by atoms with Gasteiger partial charge in [-0.05, 0) is 139 Å². The predicted molar refractivity (Wildman–Crippen MR) is 142 cm³/mol. The third-order valence-electron chi connectivity index (χ3n) is 7.69. The van der Waals surface area contributed by atoms with Crippen molar-refractivity contribution in [1.82, 2.24) is 10.3 Å². The van der Waals surface area contributed by atoms with Crippen LogP contribution in [-0.2, 0) is 4.79 Å².